The number of benzene rings is 1. The number of nitrogens with zero attached hydrogens (tertiary/aromatic N) is 2. The Morgan fingerprint density at radius 2 is 2.20 bits per heavy atom. The molecule has 1 heterocycles. The van der Waals surface area contributed by atoms with E-state index in [-0.39, 0.29) is 17.3 Å². The molecular formula is C15H18FN3O. The van der Waals surface area contributed by atoms with Crippen LogP contribution in [0.5, 0.6) is 0 Å². The summed E-state index contributed by atoms with van der Waals surface area (Å²) in [6.07, 6.45) is 2.97. The van der Waals surface area contributed by atoms with Crippen LogP contribution in [0.4, 0.5) is 4.39 Å². The first kappa shape index (κ1) is 13.2. The Bertz CT molecular complexity index is 620. The third kappa shape index (κ3) is 2.12. The predicted octanol–water partition coefficient (Wildman–Crippen LogP) is 2.95. The fraction of sp³-hybridized carbons (Fsp3) is 0.467. The van der Waals surface area contributed by atoms with Crippen LogP contribution in [0.15, 0.2) is 22.7 Å². The molecule has 1 fully saturated rings. The van der Waals surface area contributed by atoms with Crippen LogP contribution in [-0.2, 0) is 5.41 Å². The lowest BCUT2D eigenvalue weighted by atomic mass is 9.85. The van der Waals surface area contributed by atoms with Crippen molar-refractivity contribution in [1.82, 2.24) is 10.1 Å². The van der Waals surface area contributed by atoms with Crippen molar-refractivity contribution >= 4 is 0 Å². The Hall–Kier alpha value is -1.75. The molecule has 4 nitrogen and oxygen atoms in total. The summed E-state index contributed by atoms with van der Waals surface area (Å²) in [5.74, 6) is 0.678. The second-order valence-electron chi connectivity index (χ2n) is 5.86. The van der Waals surface area contributed by atoms with E-state index in [0.29, 0.717) is 17.3 Å². The zero-order chi connectivity index (χ0) is 14.3. The molecule has 0 saturated heterocycles. The van der Waals surface area contributed by atoms with Crippen molar-refractivity contribution in [2.24, 2.45) is 5.73 Å². The molecule has 2 unspecified atom stereocenters. The van der Waals surface area contributed by atoms with Crippen LogP contribution < -0.4 is 5.73 Å². The van der Waals surface area contributed by atoms with Crippen LogP contribution in [0.2, 0.25) is 0 Å². The summed E-state index contributed by atoms with van der Waals surface area (Å²) in [7, 11) is 0. The molecule has 0 aliphatic heterocycles. The maximum absolute atomic E-state index is 13.5. The van der Waals surface area contributed by atoms with Crippen molar-refractivity contribution in [2.75, 3.05) is 0 Å². The van der Waals surface area contributed by atoms with E-state index in [2.05, 4.69) is 17.1 Å². The van der Waals surface area contributed by atoms with Crippen molar-refractivity contribution in [1.29, 1.82) is 0 Å². The van der Waals surface area contributed by atoms with E-state index in [1.54, 1.807) is 0 Å². The number of hydrogen-bond donors (Lipinski definition) is 1. The Kier molecular flexibility index (Phi) is 3.09. The van der Waals surface area contributed by atoms with Gasteiger partial charge in [0.2, 0.25) is 11.7 Å². The molecule has 0 radical (unpaired) electrons. The van der Waals surface area contributed by atoms with Crippen molar-refractivity contribution in [2.45, 2.75) is 44.6 Å². The summed E-state index contributed by atoms with van der Waals surface area (Å²) in [5, 5.41) is 3.98. The Morgan fingerprint density at radius 3 is 2.85 bits per heavy atom. The Labute approximate surface area is 117 Å². The Morgan fingerprint density at radius 1 is 1.40 bits per heavy atom. The van der Waals surface area contributed by atoms with Crippen molar-refractivity contribution in [3.8, 4) is 11.4 Å². The molecule has 20 heavy (non-hydrogen) atoms. The number of halogens is 1. The topological polar surface area (TPSA) is 64.9 Å². The van der Waals surface area contributed by atoms with E-state index < -0.39 is 0 Å². The molecule has 0 spiro atoms. The first-order valence-corrected chi connectivity index (χ1v) is 6.86. The van der Waals surface area contributed by atoms with E-state index in [9.17, 15) is 4.39 Å². The van der Waals surface area contributed by atoms with Crippen molar-refractivity contribution in [3.05, 3.63) is 35.5 Å². The maximum atomic E-state index is 13.5. The van der Waals surface area contributed by atoms with Gasteiger partial charge in [-0.1, -0.05) is 11.6 Å². The molecule has 0 amide bonds. The number of aromatic nitrogens is 2. The third-order valence-electron chi connectivity index (χ3n) is 4.24. The molecule has 2 atom stereocenters. The summed E-state index contributed by atoms with van der Waals surface area (Å²) in [6.45, 7) is 3.89. The van der Waals surface area contributed by atoms with Gasteiger partial charge in [-0.05, 0) is 50.5 Å². The SMILES string of the molecule is Cc1cc(F)cc(-c2noc(C3(C)CCCC3N)n2)c1. The quantitative estimate of drug-likeness (QED) is 0.915. The van der Waals surface area contributed by atoms with Crippen LogP contribution in [0.25, 0.3) is 11.4 Å². The van der Waals surface area contributed by atoms with Gasteiger partial charge in [-0.3, -0.25) is 0 Å². The molecule has 106 valence electrons. The van der Waals surface area contributed by atoms with Crippen LogP contribution in [-0.4, -0.2) is 16.2 Å². The highest BCUT2D eigenvalue weighted by atomic mass is 19.1. The lowest BCUT2D eigenvalue weighted by Gasteiger charge is -2.23. The smallest absolute Gasteiger partial charge is 0.234 e. The van der Waals surface area contributed by atoms with Crippen LogP contribution in [0, 0.1) is 12.7 Å². The third-order valence-corrected chi connectivity index (χ3v) is 4.24. The number of nitrogens with two attached hydrogens (primary N) is 1. The molecule has 2 N–H and O–H groups in total. The summed E-state index contributed by atoms with van der Waals surface area (Å²) in [6, 6.07) is 4.76. The molecule has 1 aromatic heterocycles. The van der Waals surface area contributed by atoms with E-state index in [1.807, 2.05) is 13.0 Å². The first-order valence-electron chi connectivity index (χ1n) is 6.86. The molecular weight excluding hydrogens is 257 g/mol. The van der Waals surface area contributed by atoms with Crippen LogP contribution in [0.1, 0.15) is 37.6 Å². The Balaban J connectivity index is 1.98. The second-order valence-corrected chi connectivity index (χ2v) is 5.86. The normalized spacial score (nSPS) is 26.1. The largest absolute Gasteiger partial charge is 0.338 e. The fourth-order valence-electron chi connectivity index (χ4n) is 2.90. The second kappa shape index (κ2) is 4.66. The standard InChI is InChI=1S/C15H18FN3O/c1-9-6-10(8-11(16)7-9)13-18-14(20-19-13)15(2)5-3-4-12(15)17/h6-8,12H,3-5,17H2,1-2H3. The van der Waals surface area contributed by atoms with Gasteiger partial charge in [0.15, 0.2) is 0 Å². The molecule has 1 aromatic carbocycles. The van der Waals surface area contributed by atoms with Gasteiger partial charge in [0, 0.05) is 11.6 Å². The van der Waals surface area contributed by atoms with Crippen LogP contribution in [0.3, 0.4) is 0 Å². The van der Waals surface area contributed by atoms with Crippen LogP contribution >= 0.6 is 0 Å². The fourth-order valence-corrected chi connectivity index (χ4v) is 2.90. The first-order chi connectivity index (χ1) is 9.49. The zero-order valence-electron chi connectivity index (χ0n) is 11.7. The average Bonchev–Trinajstić information content (AvgIpc) is 2.97. The molecule has 1 saturated carbocycles. The number of hydrogen-bond acceptors (Lipinski definition) is 4. The van der Waals surface area contributed by atoms with E-state index in [1.165, 1.54) is 12.1 Å². The summed E-state index contributed by atoms with van der Waals surface area (Å²) < 4.78 is 18.8. The van der Waals surface area contributed by atoms with Gasteiger partial charge in [0.05, 0.1) is 5.41 Å². The van der Waals surface area contributed by atoms with Crippen molar-refractivity contribution in [3.63, 3.8) is 0 Å². The highest BCUT2D eigenvalue weighted by molar-refractivity contribution is 5.55. The lowest BCUT2D eigenvalue weighted by Crippen LogP contribution is -2.38. The molecule has 0 bridgehead atoms. The number of rotatable bonds is 2. The van der Waals surface area contributed by atoms with Gasteiger partial charge >= 0.3 is 0 Å². The predicted molar refractivity (Wildman–Crippen MR) is 73.6 cm³/mol. The average molecular weight is 275 g/mol. The molecule has 3 rings (SSSR count). The van der Waals surface area contributed by atoms with Gasteiger partial charge in [-0.15, -0.1) is 0 Å². The van der Waals surface area contributed by atoms with Gasteiger partial charge in [0.25, 0.3) is 0 Å². The highest BCUT2D eigenvalue weighted by Gasteiger charge is 2.42. The minimum Gasteiger partial charge on any atom is -0.338 e. The van der Waals surface area contributed by atoms with E-state index in [0.717, 1.165) is 24.8 Å². The van der Waals surface area contributed by atoms with Gasteiger partial charge in [-0.25, -0.2) is 4.39 Å². The monoisotopic (exact) mass is 275 g/mol. The van der Waals surface area contributed by atoms with E-state index in [4.69, 9.17) is 10.3 Å². The summed E-state index contributed by atoms with van der Waals surface area (Å²) in [4.78, 5) is 4.44. The zero-order valence-corrected chi connectivity index (χ0v) is 11.7. The molecule has 1 aliphatic rings. The lowest BCUT2D eigenvalue weighted by molar-refractivity contribution is 0.278. The minimum absolute atomic E-state index is 0.0324. The van der Waals surface area contributed by atoms with Gasteiger partial charge < -0.3 is 10.3 Å². The summed E-state index contributed by atoms with van der Waals surface area (Å²) in [5.41, 5.74) is 7.34. The highest BCUT2D eigenvalue weighted by Crippen LogP contribution is 2.39. The molecule has 5 heteroatoms. The van der Waals surface area contributed by atoms with E-state index >= 15 is 0 Å². The van der Waals surface area contributed by atoms with Gasteiger partial charge in [0.1, 0.15) is 5.82 Å². The molecule has 2 aromatic rings. The minimum atomic E-state index is -0.296. The molecule has 1 aliphatic carbocycles. The van der Waals surface area contributed by atoms with Gasteiger partial charge in [-0.2, -0.15) is 4.98 Å². The summed E-state index contributed by atoms with van der Waals surface area (Å²) >= 11 is 0. The van der Waals surface area contributed by atoms with Crippen molar-refractivity contribution < 1.29 is 8.91 Å². The number of aryl methyl sites for hydroxylation is 1. The maximum Gasteiger partial charge on any atom is 0.234 e.